The number of piperazine rings is 1. The van der Waals surface area contributed by atoms with E-state index in [1.165, 1.54) is 10.4 Å². The molecule has 1 aliphatic heterocycles. The molecule has 0 radical (unpaired) electrons. The number of aromatic nitrogens is 1. The summed E-state index contributed by atoms with van der Waals surface area (Å²) >= 11 is 7.62. The van der Waals surface area contributed by atoms with Gasteiger partial charge in [0.15, 0.2) is 0 Å². The van der Waals surface area contributed by atoms with Crippen LogP contribution in [0.5, 0.6) is 0 Å². The third-order valence-electron chi connectivity index (χ3n) is 4.25. The molecule has 3 rings (SSSR count). The minimum atomic E-state index is -3.67. The van der Waals surface area contributed by atoms with E-state index in [9.17, 15) is 13.2 Å². The van der Waals surface area contributed by atoms with E-state index in [0.29, 0.717) is 18.7 Å². The number of sulfonamides is 1. The van der Waals surface area contributed by atoms with Crippen molar-refractivity contribution in [1.82, 2.24) is 14.2 Å². The van der Waals surface area contributed by atoms with Crippen molar-refractivity contribution in [2.24, 2.45) is 0 Å². The monoisotopic (exact) mass is 425 g/mol. The van der Waals surface area contributed by atoms with Crippen LogP contribution in [0, 0.1) is 0 Å². The third kappa shape index (κ3) is 4.45. The van der Waals surface area contributed by atoms with Gasteiger partial charge >= 0.3 is 0 Å². The van der Waals surface area contributed by atoms with Gasteiger partial charge in [-0.25, -0.2) is 13.4 Å². The molecule has 0 aliphatic carbocycles. The van der Waals surface area contributed by atoms with E-state index >= 15 is 0 Å². The molecular weight excluding hydrogens is 406 g/mol. The maximum absolute atomic E-state index is 12.8. The molecule has 0 atom stereocenters. The third-order valence-corrected chi connectivity index (χ3v) is 7.46. The fraction of sp³-hybridized carbons (Fsp3) is 0.333. The summed E-state index contributed by atoms with van der Waals surface area (Å²) in [6, 6.07) is 9.87. The Labute approximate surface area is 168 Å². The summed E-state index contributed by atoms with van der Waals surface area (Å²) in [4.78, 5) is 18.7. The molecule has 0 unspecified atom stereocenters. The molecule has 1 saturated heterocycles. The number of pyridine rings is 1. The van der Waals surface area contributed by atoms with E-state index in [1.54, 1.807) is 53.2 Å². The standard InChI is InChI=1S/C18H20ClN3O3S2/c1-2-26-17-13-14(7-8-20-17)18(23)21-9-11-22(12-10-21)27(24,25)16-6-4-3-5-15(16)19/h3-8,13H,2,9-12H2,1H3. The molecule has 9 heteroatoms. The SMILES string of the molecule is CCSc1cc(C(=O)N2CCN(S(=O)(=O)c3ccccc3Cl)CC2)ccn1. The Balaban J connectivity index is 1.69. The van der Waals surface area contributed by atoms with Crippen LogP contribution in [0.4, 0.5) is 0 Å². The lowest BCUT2D eigenvalue weighted by Gasteiger charge is -2.34. The van der Waals surface area contributed by atoms with Crippen molar-refractivity contribution < 1.29 is 13.2 Å². The normalized spacial score (nSPS) is 15.7. The molecular formula is C18H20ClN3O3S2. The van der Waals surface area contributed by atoms with Gasteiger partial charge in [-0.05, 0) is 30.0 Å². The van der Waals surface area contributed by atoms with Crippen LogP contribution >= 0.6 is 23.4 Å². The average molecular weight is 426 g/mol. The first-order valence-electron chi connectivity index (χ1n) is 8.56. The smallest absolute Gasteiger partial charge is 0.254 e. The van der Waals surface area contributed by atoms with Crippen molar-refractivity contribution in [3.05, 3.63) is 53.2 Å². The minimum Gasteiger partial charge on any atom is -0.336 e. The molecule has 1 amide bonds. The Bertz CT molecular complexity index is 929. The lowest BCUT2D eigenvalue weighted by Crippen LogP contribution is -2.50. The Kier molecular flexibility index (Phi) is 6.41. The second-order valence-corrected chi connectivity index (χ2v) is 9.54. The fourth-order valence-corrected chi connectivity index (χ4v) is 5.43. The number of hydrogen-bond donors (Lipinski definition) is 0. The highest BCUT2D eigenvalue weighted by Gasteiger charge is 2.31. The second-order valence-electron chi connectivity index (χ2n) is 5.94. The molecule has 2 heterocycles. The molecule has 1 aliphatic rings. The molecule has 27 heavy (non-hydrogen) atoms. The quantitative estimate of drug-likeness (QED) is 0.688. The first-order valence-corrected chi connectivity index (χ1v) is 11.4. The highest BCUT2D eigenvalue weighted by Crippen LogP contribution is 2.25. The van der Waals surface area contributed by atoms with Gasteiger partial charge in [0.25, 0.3) is 5.91 Å². The molecule has 1 fully saturated rings. The zero-order chi connectivity index (χ0) is 19.4. The lowest BCUT2D eigenvalue weighted by atomic mass is 10.2. The molecule has 6 nitrogen and oxygen atoms in total. The van der Waals surface area contributed by atoms with Crippen LogP contribution in [0.1, 0.15) is 17.3 Å². The van der Waals surface area contributed by atoms with Crippen molar-refractivity contribution in [1.29, 1.82) is 0 Å². The van der Waals surface area contributed by atoms with E-state index in [4.69, 9.17) is 11.6 Å². The van der Waals surface area contributed by atoms with Crippen molar-refractivity contribution in [3.63, 3.8) is 0 Å². The Morgan fingerprint density at radius 3 is 2.56 bits per heavy atom. The molecule has 0 saturated carbocycles. The number of carbonyl (C=O) groups is 1. The zero-order valence-electron chi connectivity index (χ0n) is 14.8. The van der Waals surface area contributed by atoms with Gasteiger partial charge < -0.3 is 4.90 Å². The summed E-state index contributed by atoms with van der Waals surface area (Å²) in [5.74, 6) is 0.772. The van der Waals surface area contributed by atoms with Crippen LogP contribution < -0.4 is 0 Å². The summed E-state index contributed by atoms with van der Waals surface area (Å²) in [6.07, 6.45) is 1.63. The van der Waals surface area contributed by atoms with Gasteiger partial charge in [-0.15, -0.1) is 11.8 Å². The van der Waals surface area contributed by atoms with Crippen LogP contribution in [-0.2, 0) is 10.0 Å². The van der Waals surface area contributed by atoms with Gasteiger partial charge in [-0.2, -0.15) is 4.31 Å². The molecule has 144 valence electrons. The predicted octanol–water partition coefficient (Wildman–Crippen LogP) is 2.99. The molecule has 0 N–H and O–H groups in total. The van der Waals surface area contributed by atoms with Gasteiger partial charge in [0, 0.05) is 37.9 Å². The number of hydrogen-bond acceptors (Lipinski definition) is 5. The zero-order valence-corrected chi connectivity index (χ0v) is 17.2. The van der Waals surface area contributed by atoms with Crippen LogP contribution in [-0.4, -0.2) is 60.4 Å². The number of halogens is 1. The first kappa shape index (κ1) is 20.1. The maximum Gasteiger partial charge on any atom is 0.254 e. The number of benzene rings is 1. The lowest BCUT2D eigenvalue weighted by molar-refractivity contribution is 0.0697. The molecule has 1 aromatic carbocycles. The average Bonchev–Trinajstić information content (AvgIpc) is 2.68. The fourth-order valence-electron chi connectivity index (χ4n) is 2.88. The number of rotatable bonds is 5. The summed E-state index contributed by atoms with van der Waals surface area (Å²) in [7, 11) is -3.67. The topological polar surface area (TPSA) is 70.6 Å². The predicted molar refractivity (Wildman–Crippen MR) is 107 cm³/mol. The Hall–Kier alpha value is -1.61. The van der Waals surface area contributed by atoms with Crippen molar-refractivity contribution in [2.75, 3.05) is 31.9 Å². The Morgan fingerprint density at radius 1 is 1.19 bits per heavy atom. The van der Waals surface area contributed by atoms with Gasteiger partial charge in [-0.3, -0.25) is 4.79 Å². The van der Waals surface area contributed by atoms with E-state index in [1.807, 2.05) is 6.92 Å². The summed E-state index contributed by atoms with van der Waals surface area (Å²) < 4.78 is 27.0. The summed E-state index contributed by atoms with van der Waals surface area (Å²) in [6.45, 7) is 3.17. The van der Waals surface area contributed by atoms with E-state index in [-0.39, 0.29) is 28.9 Å². The highest BCUT2D eigenvalue weighted by molar-refractivity contribution is 7.99. The Morgan fingerprint density at radius 2 is 1.89 bits per heavy atom. The maximum atomic E-state index is 12.8. The van der Waals surface area contributed by atoms with Gasteiger partial charge in [0.2, 0.25) is 10.0 Å². The second kappa shape index (κ2) is 8.60. The summed E-state index contributed by atoms with van der Waals surface area (Å²) in [5, 5.41) is 1.01. The number of carbonyl (C=O) groups excluding carboxylic acids is 1. The number of amides is 1. The van der Waals surface area contributed by atoms with Gasteiger partial charge in [0.1, 0.15) is 4.90 Å². The molecule has 0 spiro atoms. The van der Waals surface area contributed by atoms with E-state index in [2.05, 4.69) is 4.98 Å². The number of nitrogens with zero attached hydrogens (tertiary/aromatic N) is 3. The van der Waals surface area contributed by atoms with E-state index < -0.39 is 10.0 Å². The first-order chi connectivity index (χ1) is 12.9. The highest BCUT2D eigenvalue weighted by atomic mass is 35.5. The molecule has 2 aromatic rings. The van der Waals surface area contributed by atoms with Crippen molar-refractivity contribution in [2.45, 2.75) is 16.8 Å². The largest absolute Gasteiger partial charge is 0.336 e. The van der Waals surface area contributed by atoms with Gasteiger partial charge in [-0.1, -0.05) is 30.7 Å². The number of thioether (sulfide) groups is 1. The van der Waals surface area contributed by atoms with Crippen molar-refractivity contribution in [3.8, 4) is 0 Å². The van der Waals surface area contributed by atoms with Crippen molar-refractivity contribution >= 4 is 39.3 Å². The van der Waals surface area contributed by atoms with Gasteiger partial charge in [0.05, 0.1) is 10.0 Å². The van der Waals surface area contributed by atoms with Crippen LogP contribution in [0.25, 0.3) is 0 Å². The van der Waals surface area contributed by atoms with E-state index in [0.717, 1.165) is 10.8 Å². The molecule has 0 bridgehead atoms. The minimum absolute atomic E-state index is 0.0989. The van der Waals surface area contributed by atoms with Crippen LogP contribution in [0.2, 0.25) is 5.02 Å². The molecule has 1 aromatic heterocycles. The summed E-state index contributed by atoms with van der Waals surface area (Å²) in [5.41, 5.74) is 0.573. The van der Waals surface area contributed by atoms with Crippen LogP contribution in [0.15, 0.2) is 52.5 Å². The van der Waals surface area contributed by atoms with Crippen LogP contribution in [0.3, 0.4) is 0 Å².